The predicted octanol–water partition coefficient (Wildman–Crippen LogP) is 1.88. The molecule has 2 aromatic rings. The first-order valence-electron chi connectivity index (χ1n) is 11.2. The van der Waals surface area contributed by atoms with Crippen molar-refractivity contribution in [1.82, 2.24) is 10.6 Å². The van der Waals surface area contributed by atoms with Crippen molar-refractivity contribution in [3.63, 3.8) is 0 Å². The summed E-state index contributed by atoms with van der Waals surface area (Å²) in [6.45, 7) is 4.86. The van der Waals surface area contributed by atoms with Crippen molar-refractivity contribution in [3.05, 3.63) is 59.7 Å². The number of hydrogen-bond acceptors (Lipinski definition) is 10. The lowest BCUT2D eigenvalue weighted by Gasteiger charge is -2.11. The van der Waals surface area contributed by atoms with Crippen LogP contribution in [0.5, 0.6) is 23.0 Å². The Hall–Kier alpha value is -5.00. The lowest BCUT2D eigenvalue weighted by Crippen LogP contribution is -2.23. The van der Waals surface area contributed by atoms with Gasteiger partial charge in [-0.2, -0.15) is 0 Å². The second-order valence-corrected chi connectivity index (χ2v) is 7.71. The zero-order chi connectivity index (χ0) is 28.2. The molecular weight excluding hydrogens is 500 g/mol. The van der Waals surface area contributed by atoms with Crippen LogP contribution >= 0.6 is 0 Å². The maximum atomic E-state index is 12.1. The molecule has 200 valence electrons. The first kappa shape index (κ1) is 29.2. The van der Waals surface area contributed by atoms with Crippen LogP contribution in [0.25, 0.3) is 0 Å². The molecule has 2 aromatic carbocycles. The van der Waals surface area contributed by atoms with Crippen molar-refractivity contribution in [2.45, 2.75) is 40.8 Å². The maximum absolute atomic E-state index is 12.1. The Kier molecular flexibility index (Phi) is 10.7. The highest BCUT2D eigenvalue weighted by Gasteiger charge is 2.13. The van der Waals surface area contributed by atoms with E-state index in [9.17, 15) is 28.8 Å². The summed E-state index contributed by atoms with van der Waals surface area (Å²) in [7, 11) is 0. The number of carbonyl (C=O) groups excluding carboxylic acids is 6. The zero-order valence-corrected chi connectivity index (χ0v) is 21.1. The molecule has 0 atom stereocenters. The molecule has 0 aromatic heterocycles. The van der Waals surface area contributed by atoms with Crippen LogP contribution < -0.4 is 29.6 Å². The summed E-state index contributed by atoms with van der Waals surface area (Å²) in [6.07, 6.45) is 2.06. The highest BCUT2D eigenvalue weighted by Crippen LogP contribution is 2.30. The van der Waals surface area contributed by atoms with Crippen LogP contribution in [0.4, 0.5) is 0 Å². The second kappa shape index (κ2) is 13.9. The first-order valence-corrected chi connectivity index (χ1v) is 11.2. The van der Waals surface area contributed by atoms with Crippen LogP contribution in [0.2, 0.25) is 0 Å². The minimum atomic E-state index is -0.614. The van der Waals surface area contributed by atoms with Gasteiger partial charge in [0.1, 0.15) is 0 Å². The van der Waals surface area contributed by atoms with Gasteiger partial charge in [-0.25, -0.2) is 0 Å². The molecule has 0 radical (unpaired) electrons. The van der Waals surface area contributed by atoms with Gasteiger partial charge in [0, 0.05) is 52.9 Å². The summed E-state index contributed by atoms with van der Waals surface area (Å²) < 4.78 is 20.1. The molecule has 0 saturated carbocycles. The quantitative estimate of drug-likeness (QED) is 0.265. The van der Waals surface area contributed by atoms with Gasteiger partial charge >= 0.3 is 23.9 Å². The number of benzene rings is 2. The molecule has 0 aliphatic heterocycles. The third kappa shape index (κ3) is 10.3. The minimum Gasteiger partial charge on any atom is -0.423 e. The topological polar surface area (TPSA) is 163 Å². The average Bonchev–Trinajstić information content (AvgIpc) is 2.81. The van der Waals surface area contributed by atoms with Crippen LogP contribution in [0.3, 0.4) is 0 Å². The third-order valence-electron chi connectivity index (χ3n) is 4.35. The number of esters is 4. The minimum absolute atomic E-state index is 0.0205. The Morgan fingerprint density at radius 2 is 0.868 bits per heavy atom. The molecule has 12 heteroatoms. The molecule has 0 aliphatic rings. The number of amides is 2. The average molecular weight is 526 g/mol. The van der Waals surface area contributed by atoms with Crippen molar-refractivity contribution in [2.75, 3.05) is 0 Å². The van der Waals surface area contributed by atoms with E-state index in [2.05, 4.69) is 10.6 Å². The molecule has 0 unspecified atom stereocenters. The summed E-state index contributed by atoms with van der Waals surface area (Å²) in [5.74, 6) is -3.39. The molecule has 0 heterocycles. The molecule has 0 bridgehead atoms. The Morgan fingerprint density at radius 3 is 1.18 bits per heavy atom. The molecular formula is C26H26N2O10. The molecule has 0 aliphatic carbocycles. The Balaban J connectivity index is 1.93. The first-order chi connectivity index (χ1) is 17.9. The molecule has 12 nitrogen and oxygen atoms in total. The third-order valence-corrected chi connectivity index (χ3v) is 4.35. The lowest BCUT2D eigenvalue weighted by molar-refractivity contribution is -0.134. The fraction of sp³-hybridized carbons (Fsp3) is 0.231. The molecule has 2 N–H and O–H groups in total. The van der Waals surface area contributed by atoms with Crippen molar-refractivity contribution in [1.29, 1.82) is 0 Å². The number of ether oxygens (including phenoxy) is 4. The van der Waals surface area contributed by atoms with E-state index in [1.54, 1.807) is 12.1 Å². The van der Waals surface area contributed by atoms with E-state index >= 15 is 0 Å². The van der Waals surface area contributed by atoms with E-state index in [-0.39, 0.29) is 36.1 Å². The van der Waals surface area contributed by atoms with E-state index < -0.39 is 35.7 Å². The largest absolute Gasteiger partial charge is 0.423 e. The number of carbonyl (C=O) groups is 6. The molecule has 0 fully saturated rings. The molecule has 2 rings (SSSR count). The normalized spacial score (nSPS) is 10.3. The predicted molar refractivity (Wildman–Crippen MR) is 131 cm³/mol. The van der Waals surface area contributed by atoms with Gasteiger partial charge in [0.05, 0.1) is 0 Å². The zero-order valence-electron chi connectivity index (χ0n) is 21.1. The Labute approximate surface area is 217 Å². The molecule has 38 heavy (non-hydrogen) atoms. The Bertz CT molecular complexity index is 1190. The van der Waals surface area contributed by atoms with Gasteiger partial charge in [-0.05, 0) is 35.4 Å². The van der Waals surface area contributed by atoms with Crippen LogP contribution in [0.1, 0.15) is 38.8 Å². The SMILES string of the molecule is CC(=O)Oc1ccc(CNC(=O)/C=C/C(=O)NCc2ccc(OC(C)=O)c(OC(C)=O)c2)cc1OC(C)=O. The highest BCUT2D eigenvalue weighted by molar-refractivity contribution is 5.96. The summed E-state index contributed by atoms with van der Waals surface area (Å²) >= 11 is 0. The summed E-state index contributed by atoms with van der Waals surface area (Å²) in [5, 5.41) is 5.14. The summed E-state index contributed by atoms with van der Waals surface area (Å²) in [6, 6.07) is 8.87. The number of hydrogen-bond donors (Lipinski definition) is 2. The lowest BCUT2D eigenvalue weighted by atomic mass is 10.2. The van der Waals surface area contributed by atoms with Crippen LogP contribution in [-0.4, -0.2) is 35.7 Å². The van der Waals surface area contributed by atoms with E-state index in [1.807, 2.05) is 0 Å². The fourth-order valence-corrected chi connectivity index (χ4v) is 2.92. The fourth-order valence-electron chi connectivity index (χ4n) is 2.92. The van der Waals surface area contributed by atoms with Crippen molar-refractivity contribution < 1.29 is 47.7 Å². The van der Waals surface area contributed by atoms with Crippen molar-refractivity contribution in [3.8, 4) is 23.0 Å². The van der Waals surface area contributed by atoms with Crippen molar-refractivity contribution >= 4 is 35.7 Å². The van der Waals surface area contributed by atoms with Gasteiger partial charge < -0.3 is 29.6 Å². The van der Waals surface area contributed by atoms with E-state index in [1.165, 1.54) is 52.0 Å². The number of rotatable bonds is 10. The molecule has 0 saturated heterocycles. The van der Waals surface area contributed by atoms with Gasteiger partial charge in [-0.15, -0.1) is 0 Å². The highest BCUT2D eigenvalue weighted by atomic mass is 16.6. The maximum Gasteiger partial charge on any atom is 0.308 e. The standard InChI is InChI=1S/C26H26N2O10/c1-15(29)35-21-7-5-19(11-23(21)37-17(3)31)13-27-25(33)9-10-26(34)28-14-20-6-8-22(36-16(2)30)24(12-20)38-18(4)32/h5-12H,13-14H2,1-4H3,(H,27,33)(H,28,34)/b10-9+. The Morgan fingerprint density at radius 1 is 0.553 bits per heavy atom. The van der Waals surface area contributed by atoms with Gasteiger partial charge in [0.15, 0.2) is 23.0 Å². The van der Waals surface area contributed by atoms with Gasteiger partial charge in [-0.1, -0.05) is 12.1 Å². The van der Waals surface area contributed by atoms with Crippen LogP contribution in [-0.2, 0) is 41.9 Å². The monoisotopic (exact) mass is 526 g/mol. The number of nitrogens with one attached hydrogen (secondary N) is 2. The smallest absolute Gasteiger partial charge is 0.308 e. The van der Waals surface area contributed by atoms with Crippen molar-refractivity contribution in [2.24, 2.45) is 0 Å². The van der Waals surface area contributed by atoms with E-state index in [4.69, 9.17) is 18.9 Å². The second-order valence-electron chi connectivity index (χ2n) is 7.71. The van der Waals surface area contributed by atoms with Gasteiger partial charge in [0.25, 0.3) is 0 Å². The summed E-state index contributed by atoms with van der Waals surface area (Å²) in [4.78, 5) is 69.3. The van der Waals surface area contributed by atoms with Gasteiger partial charge in [0.2, 0.25) is 11.8 Å². The van der Waals surface area contributed by atoms with E-state index in [0.29, 0.717) is 11.1 Å². The van der Waals surface area contributed by atoms with Crippen LogP contribution in [0, 0.1) is 0 Å². The molecule has 0 spiro atoms. The van der Waals surface area contributed by atoms with Gasteiger partial charge in [-0.3, -0.25) is 28.8 Å². The van der Waals surface area contributed by atoms with Crippen LogP contribution in [0.15, 0.2) is 48.6 Å². The van der Waals surface area contributed by atoms with E-state index in [0.717, 1.165) is 12.2 Å². The summed E-state index contributed by atoms with van der Waals surface area (Å²) in [5.41, 5.74) is 1.09. The molecule has 2 amide bonds.